The highest BCUT2D eigenvalue weighted by molar-refractivity contribution is 5.74. The topological polar surface area (TPSA) is 47.8 Å². The molecular weight excluding hydrogens is 281 g/mol. The Labute approximate surface area is 126 Å². The minimum atomic E-state index is -0.329. The molecule has 1 saturated carbocycles. The van der Waals surface area contributed by atoms with Crippen molar-refractivity contribution in [2.45, 2.75) is 19.4 Å². The molecule has 2 aromatic heterocycles. The zero-order valence-corrected chi connectivity index (χ0v) is 11.9. The Morgan fingerprint density at radius 1 is 1.18 bits per heavy atom. The third-order valence-electron chi connectivity index (χ3n) is 3.96. The van der Waals surface area contributed by atoms with Crippen molar-refractivity contribution in [2.75, 3.05) is 0 Å². The summed E-state index contributed by atoms with van der Waals surface area (Å²) in [5, 5.41) is 0. The second kappa shape index (κ2) is 5.02. The van der Waals surface area contributed by atoms with Crippen LogP contribution in [0, 0.1) is 11.7 Å². The van der Waals surface area contributed by atoms with Gasteiger partial charge in [-0.25, -0.2) is 14.4 Å². The van der Waals surface area contributed by atoms with Crippen molar-refractivity contribution in [3.63, 3.8) is 0 Å². The summed E-state index contributed by atoms with van der Waals surface area (Å²) < 4.78 is 14.8. The van der Waals surface area contributed by atoms with E-state index in [9.17, 15) is 9.18 Å². The molecule has 4 nitrogen and oxygen atoms in total. The third kappa shape index (κ3) is 2.28. The highest BCUT2D eigenvalue weighted by atomic mass is 19.1. The van der Waals surface area contributed by atoms with E-state index < -0.39 is 0 Å². The van der Waals surface area contributed by atoms with E-state index in [1.807, 2.05) is 6.07 Å². The van der Waals surface area contributed by atoms with Crippen LogP contribution in [0.1, 0.15) is 12.8 Å². The number of hydrogen-bond donors (Lipinski definition) is 0. The van der Waals surface area contributed by atoms with Crippen LogP contribution >= 0.6 is 0 Å². The number of nitrogens with zero attached hydrogens (tertiary/aromatic N) is 3. The summed E-state index contributed by atoms with van der Waals surface area (Å²) in [6.07, 6.45) is 3.97. The number of pyridine rings is 1. The Morgan fingerprint density at radius 2 is 1.95 bits per heavy atom. The van der Waals surface area contributed by atoms with Crippen LogP contribution in [0.3, 0.4) is 0 Å². The molecule has 1 aromatic carbocycles. The minimum absolute atomic E-state index is 0.162. The molecule has 1 aliphatic carbocycles. The van der Waals surface area contributed by atoms with E-state index in [2.05, 4.69) is 9.97 Å². The summed E-state index contributed by atoms with van der Waals surface area (Å²) in [6, 6.07) is 9.50. The lowest BCUT2D eigenvalue weighted by Crippen LogP contribution is -2.25. The first kappa shape index (κ1) is 13.1. The largest absolute Gasteiger partial charge is 0.289 e. The lowest BCUT2D eigenvalue weighted by atomic mass is 10.1. The van der Waals surface area contributed by atoms with Crippen molar-refractivity contribution < 1.29 is 4.39 Å². The maximum absolute atomic E-state index is 13.1. The van der Waals surface area contributed by atoms with Gasteiger partial charge in [0.15, 0.2) is 5.65 Å². The Hall–Kier alpha value is -2.56. The molecule has 2 heterocycles. The van der Waals surface area contributed by atoms with Crippen LogP contribution in [0.2, 0.25) is 0 Å². The third-order valence-corrected chi connectivity index (χ3v) is 3.96. The molecular formula is C17H14FN3O. The first-order valence-electron chi connectivity index (χ1n) is 7.34. The molecule has 3 aromatic rings. The van der Waals surface area contributed by atoms with E-state index in [1.165, 1.54) is 12.1 Å². The van der Waals surface area contributed by atoms with Gasteiger partial charge in [0.1, 0.15) is 17.0 Å². The van der Waals surface area contributed by atoms with Crippen molar-refractivity contribution in [3.8, 4) is 11.3 Å². The number of benzene rings is 1. The summed E-state index contributed by atoms with van der Waals surface area (Å²) in [4.78, 5) is 21.6. The van der Waals surface area contributed by atoms with E-state index in [4.69, 9.17) is 0 Å². The molecule has 0 atom stereocenters. The van der Waals surface area contributed by atoms with E-state index in [1.54, 1.807) is 29.0 Å². The van der Waals surface area contributed by atoms with Gasteiger partial charge in [0.05, 0.1) is 0 Å². The molecule has 5 heteroatoms. The lowest BCUT2D eigenvalue weighted by molar-refractivity contribution is 0.620. The number of halogens is 1. The highest BCUT2D eigenvalue weighted by Crippen LogP contribution is 2.31. The number of aromatic nitrogens is 3. The maximum atomic E-state index is 13.1. The average molecular weight is 295 g/mol. The summed E-state index contributed by atoms with van der Waals surface area (Å²) in [5.74, 6) is 0.218. The van der Waals surface area contributed by atoms with E-state index in [-0.39, 0.29) is 11.4 Å². The molecule has 0 N–H and O–H groups in total. The van der Waals surface area contributed by atoms with Crippen molar-refractivity contribution in [2.24, 2.45) is 5.92 Å². The zero-order valence-electron chi connectivity index (χ0n) is 11.9. The predicted molar refractivity (Wildman–Crippen MR) is 81.9 cm³/mol. The van der Waals surface area contributed by atoms with Gasteiger partial charge in [-0.1, -0.05) is 0 Å². The maximum Gasteiger partial charge on any atom is 0.278 e. The van der Waals surface area contributed by atoms with Crippen LogP contribution in [0.25, 0.3) is 22.4 Å². The number of rotatable bonds is 3. The molecule has 1 fully saturated rings. The number of hydrogen-bond acceptors (Lipinski definition) is 3. The van der Waals surface area contributed by atoms with Crippen molar-refractivity contribution in [1.29, 1.82) is 0 Å². The molecule has 0 spiro atoms. The van der Waals surface area contributed by atoms with Crippen LogP contribution in [0.15, 0.2) is 47.4 Å². The monoisotopic (exact) mass is 295 g/mol. The minimum Gasteiger partial charge on any atom is -0.289 e. The van der Waals surface area contributed by atoms with Crippen LogP contribution in [0.4, 0.5) is 4.39 Å². The van der Waals surface area contributed by atoms with Gasteiger partial charge >= 0.3 is 0 Å². The van der Waals surface area contributed by atoms with Crippen molar-refractivity contribution in [3.05, 3.63) is 58.8 Å². The highest BCUT2D eigenvalue weighted by Gasteiger charge is 2.24. The van der Waals surface area contributed by atoms with Crippen molar-refractivity contribution >= 4 is 11.2 Å². The second-order valence-corrected chi connectivity index (χ2v) is 5.67. The molecule has 110 valence electrons. The summed E-state index contributed by atoms with van der Waals surface area (Å²) >= 11 is 0. The van der Waals surface area contributed by atoms with Gasteiger partial charge in [0.2, 0.25) is 0 Å². The van der Waals surface area contributed by atoms with Gasteiger partial charge in [0, 0.05) is 18.3 Å². The molecule has 4 rings (SSSR count). The summed E-state index contributed by atoms with van der Waals surface area (Å²) in [6.45, 7) is 0.670. The Morgan fingerprint density at radius 3 is 2.68 bits per heavy atom. The van der Waals surface area contributed by atoms with Crippen LogP contribution in [-0.2, 0) is 6.54 Å². The fourth-order valence-electron chi connectivity index (χ4n) is 2.60. The van der Waals surface area contributed by atoms with Gasteiger partial charge in [-0.2, -0.15) is 0 Å². The molecule has 0 bridgehead atoms. The first-order valence-corrected chi connectivity index (χ1v) is 7.34. The molecule has 0 amide bonds. The molecule has 0 saturated heterocycles. The van der Waals surface area contributed by atoms with Gasteiger partial charge in [-0.15, -0.1) is 0 Å². The van der Waals surface area contributed by atoms with Gasteiger partial charge < -0.3 is 0 Å². The first-order chi connectivity index (χ1) is 10.7. The molecule has 0 aliphatic heterocycles. The fourth-order valence-corrected chi connectivity index (χ4v) is 2.60. The molecule has 0 unspecified atom stereocenters. The van der Waals surface area contributed by atoms with Crippen molar-refractivity contribution in [1.82, 2.24) is 14.5 Å². The standard InChI is InChI=1S/C17H14FN3O/c18-13-7-5-12(6-8-13)15-17(22)21(10-11-3-4-11)16-14(20-15)2-1-9-19-16/h1-2,5-9,11H,3-4,10H2. The average Bonchev–Trinajstić information content (AvgIpc) is 3.35. The SMILES string of the molecule is O=c1c(-c2ccc(F)cc2)nc2cccnc2n1CC1CC1. The van der Waals surface area contributed by atoms with E-state index >= 15 is 0 Å². The summed E-state index contributed by atoms with van der Waals surface area (Å²) in [5.41, 5.74) is 2.11. The second-order valence-electron chi connectivity index (χ2n) is 5.67. The van der Waals surface area contributed by atoms with Crippen LogP contribution < -0.4 is 5.56 Å². The fraction of sp³-hybridized carbons (Fsp3) is 0.235. The van der Waals surface area contributed by atoms with Crippen LogP contribution in [0.5, 0.6) is 0 Å². The lowest BCUT2D eigenvalue weighted by Gasteiger charge is -2.11. The van der Waals surface area contributed by atoms with Crippen LogP contribution in [-0.4, -0.2) is 14.5 Å². The zero-order chi connectivity index (χ0) is 15.1. The molecule has 0 radical (unpaired) electrons. The Balaban J connectivity index is 1.96. The Bertz CT molecular complexity index is 898. The summed E-state index contributed by atoms with van der Waals surface area (Å²) in [7, 11) is 0. The normalized spacial score (nSPS) is 14.4. The van der Waals surface area contributed by atoms with Gasteiger partial charge in [-0.3, -0.25) is 9.36 Å². The quantitative estimate of drug-likeness (QED) is 0.746. The van der Waals surface area contributed by atoms with E-state index in [0.29, 0.717) is 34.9 Å². The molecule has 1 aliphatic rings. The number of fused-ring (bicyclic) bond motifs is 1. The predicted octanol–water partition coefficient (Wildman–Crippen LogP) is 3.01. The van der Waals surface area contributed by atoms with Gasteiger partial charge in [0.25, 0.3) is 5.56 Å². The molecule has 22 heavy (non-hydrogen) atoms. The van der Waals surface area contributed by atoms with E-state index in [0.717, 1.165) is 12.8 Å². The Kier molecular flexibility index (Phi) is 2.99. The smallest absolute Gasteiger partial charge is 0.278 e. The van der Waals surface area contributed by atoms with Gasteiger partial charge in [-0.05, 0) is 55.2 Å².